The summed E-state index contributed by atoms with van der Waals surface area (Å²) in [7, 11) is 1.37. The number of nitrogens with zero attached hydrogens (tertiary/aromatic N) is 1. The van der Waals surface area contributed by atoms with Crippen molar-refractivity contribution in [1.82, 2.24) is 4.98 Å². The van der Waals surface area contributed by atoms with Gasteiger partial charge < -0.3 is 9.47 Å². The Morgan fingerprint density at radius 2 is 2.20 bits per heavy atom. The monoisotopic (exact) mass is 300 g/mol. The molecule has 1 heterocycles. The Hall–Kier alpha value is -1.63. The van der Waals surface area contributed by atoms with E-state index in [1.807, 2.05) is 19.2 Å². The smallest absolute Gasteiger partial charge is 0.413 e. The minimum atomic E-state index is -0.492. The van der Waals surface area contributed by atoms with E-state index in [-0.39, 0.29) is 5.97 Å². The molecular formula is C13H20N2O4S. The Kier molecular flexibility index (Phi) is 7.00. The van der Waals surface area contributed by atoms with Crippen molar-refractivity contribution in [2.75, 3.05) is 19.0 Å². The Labute approximate surface area is 122 Å². The lowest BCUT2D eigenvalue weighted by Crippen LogP contribution is -2.16. The van der Waals surface area contributed by atoms with Gasteiger partial charge in [0.1, 0.15) is 0 Å². The molecule has 1 amide bonds. The summed E-state index contributed by atoms with van der Waals surface area (Å²) in [5.41, 5.74) is 0.845. The van der Waals surface area contributed by atoms with Crippen LogP contribution in [-0.4, -0.2) is 30.8 Å². The van der Waals surface area contributed by atoms with Crippen LogP contribution in [0.1, 0.15) is 32.4 Å². The zero-order valence-electron chi connectivity index (χ0n) is 12.0. The van der Waals surface area contributed by atoms with Crippen LogP contribution < -0.4 is 5.32 Å². The third-order valence-electron chi connectivity index (χ3n) is 2.35. The average Bonchev–Trinajstić information content (AvgIpc) is 2.83. The molecule has 0 aromatic carbocycles. The molecule has 0 spiro atoms. The number of esters is 1. The molecule has 0 fully saturated rings. The Balaban J connectivity index is 2.32. The number of ether oxygens (including phenoxy) is 2. The molecule has 0 unspecified atom stereocenters. The zero-order valence-corrected chi connectivity index (χ0v) is 12.8. The summed E-state index contributed by atoms with van der Waals surface area (Å²) in [6.07, 6.45) is 1.23. The van der Waals surface area contributed by atoms with Gasteiger partial charge in [-0.05, 0) is 18.8 Å². The number of nitrogens with one attached hydrogen (secondary N) is 1. The van der Waals surface area contributed by atoms with E-state index in [1.165, 1.54) is 18.4 Å². The van der Waals surface area contributed by atoms with Crippen LogP contribution in [0.5, 0.6) is 0 Å². The third kappa shape index (κ3) is 6.51. The van der Waals surface area contributed by atoms with Gasteiger partial charge in [0.15, 0.2) is 5.13 Å². The van der Waals surface area contributed by atoms with Gasteiger partial charge in [-0.25, -0.2) is 9.78 Å². The number of methoxy groups -OCH3 is 1. The molecule has 6 nitrogen and oxygen atoms in total. The molecule has 1 N–H and O–H groups in total. The van der Waals surface area contributed by atoms with Gasteiger partial charge in [-0.1, -0.05) is 13.8 Å². The van der Waals surface area contributed by atoms with Crippen LogP contribution in [0.3, 0.4) is 0 Å². The predicted octanol–water partition coefficient (Wildman–Crippen LogP) is 2.84. The zero-order chi connectivity index (χ0) is 15.0. The van der Waals surface area contributed by atoms with Crippen molar-refractivity contribution >= 4 is 28.5 Å². The second-order valence-electron chi connectivity index (χ2n) is 4.69. The summed E-state index contributed by atoms with van der Waals surface area (Å²) in [4.78, 5) is 26.7. The van der Waals surface area contributed by atoms with Crippen LogP contribution in [0.2, 0.25) is 0 Å². The number of amides is 1. The number of anilines is 1. The first-order valence-corrected chi connectivity index (χ1v) is 7.34. The molecule has 0 radical (unpaired) electrons. The molecule has 0 saturated heterocycles. The van der Waals surface area contributed by atoms with Gasteiger partial charge in [-0.2, -0.15) is 0 Å². The summed E-state index contributed by atoms with van der Waals surface area (Å²) >= 11 is 1.34. The highest BCUT2D eigenvalue weighted by molar-refractivity contribution is 7.13. The Bertz CT molecular complexity index is 445. The van der Waals surface area contributed by atoms with E-state index in [1.54, 1.807) is 0 Å². The molecule has 112 valence electrons. The van der Waals surface area contributed by atoms with E-state index in [0.29, 0.717) is 36.9 Å². The SMILES string of the molecule is COC(=O)CCCc1csc(NC(=O)OCC(C)C)n1. The number of aromatic nitrogens is 1. The second kappa shape index (κ2) is 8.52. The summed E-state index contributed by atoms with van der Waals surface area (Å²) in [6, 6.07) is 0. The maximum atomic E-state index is 11.4. The number of thiazole rings is 1. The van der Waals surface area contributed by atoms with Gasteiger partial charge >= 0.3 is 12.1 Å². The second-order valence-corrected chi connectivity index (χ2v) is 5.55. The molecular weight excluding hydrogens is 280 g/mol. The normalized spacial score (nSPS) is 10.4. The molecule has 0 aliphatic rings. The number of hydrogen-bond donors (Lipinski definition) is 1. The maximum absolute atomic E-state index is 11.4. The minimum Gasteiger partial charge on any atom is -0.469 e. The lowest BCUT2D eigenvalue weighted by Gasteiger charge is -2.06. The van der Waals surface area contributed by atoms with Crippen molar-refractivity contribution in [1.29, 1.82) is 0 Å². The molecule has 0 aliphatic heterocycles. The average molecular weight is 300 g/mol. The van der Waals surface area contributed by atoms with Crippen molar-refractivity contribution in [3.8, 4) is 0 Å². The van der Waals surface area contributed by atoms with E-state index in [9.17, 15) is 9.59 Å². The Morgan fingerprint density at radius 1 is 1.45 bits per heavy atom. The van der Waals surface area contributed by atoms with E-state index in [4.69, 9.17) is 4.74 Å². The van der Waals surface area contributed by atoms with Crippen molar-refractivity contribution in [3.63, 3.8) is 0 Å². The van der Waals surface area contributed by atoms with E-state index < -0.39 is 6.09 Å². The molecule has 1 aromatic heterocycles. The van der Waals surface area contributed by atoms with Gasteiger partial charge in [0.05, 0.1) is 19.4 Å². The van der Waals surface area contributed by atoms with Crippen molar-refractivity contribution in [2.45, 2.75) is 33.1 Å². The fourth-order valence-corrected chi connectivity index (χ4v) is 2.09. The van der Waals surface area contributed by atoms with Crippen molar-refractivity contribution in [2.24, 2.45) is 5.92 Å². The predicted molar refractivity (Wildman–Crippen MR) is 76.9 cm³/mol. The molecule has 1 rings (SSSR count). The van der Waals surface area contributed by atoms with E-state index in [2.05, 4.69) is 15.0 Å². The molecule has 0 atom stereocenters. The summed E-state index contributed by atoms with van der Waals surface area (Å²) in [5.74, 6) is 0.0711. The highest BCUT2D eigenvalue weighted by Gasteiger charge is 2.09. The van der Waals surface area contributed by atoms with E-state index in [0.717, 1.165) is 5.69 Å². The van der Waals surface area contributed by atoms with Crippen molar-refractivity contribution in [3.05, 3.63) is 11.1 Å². The van der Waals surface area contributed by atoms with Crippen molar-refractivity contribution < 1.29 is 19.1 Å². The van der Waals surface area contributed by atoms with Crippen LogP contribution in [0.25, 0.3) is 0 Å². The Morgan fingerprint density at radius 3 is 2.85 bits per heavy atom. The standard InChI is InChI=1S/C13H20N2O4S/c1-9(2)7-19-13(17)15-12-14-10(8-20-12)5-4-6-11(16)18-3/h8-9H,4-7H2,1-3H3,(H,14,15,17). The van der Waals surface area contributed by atoms with Gasteiger partial charge in [-0.15, -0.1) is 11.3 Å². The van der Waals surface area contributed by atoms with Crippen LogP contribution in [-0.2, 0) is 20.7 Å². The topological polar surface area (TPSA) is 77.5 Å². The first-order chi connectivity index (χ1) is 9.51. The molecule has 0 saturated carbocycles. The fourth-order valence-electron chi connectivity index (χ4n) is 1.36. The van der Waals surface area contributed by atoms with E-state index >= 15 is 0 Å². The molecule has 20 heavy (non-hydrogen) atoms. The number of carbonyl (C=O) groups is 2. The third-order valence-corrected chi connectivity index (χ3v) is 3.16. The van der Waals surface area contributed by atoms with Crippen LogP contribution in [0, 0.1) is 5.92 Å². The van der Waals surface area contributed by atoms with Gasteiger partial charge in [0, 0.05) is 11.8 Å². The largest absolute Gasteiger partial charge is 0.469 e. The minimum absolute atomic E-state index is 0.226. The molecule has 7 heteroatoms. The molecule has 0 aliphatic carbocycles. The number of aryl methyl sites for hydroxylation is 1. The molecule has 1 aromatic rings. The van der Waals surface area contributed by atoms with Gasteiger partial charge in [0.2, 0.25) is 0 Å². The number of hydrogen-bond acceptors (Lipinski definition) is 6. The first kappa shape index (κ1) is 16.4. The maximum Gasteiger partial charge on any atom is 0.413 e. The van der Waals surface area contributed by atoms with Gasteiger partial charge in [-0.3, -0.25) is 10.1 Å². The highest BCUT2D eigenvalue weighted by atomic mass is 32.1. The summed E-state index contributed by atoms with van der Waals surface area (Å²) < 4.78 is 9.56. The summed E-state index contributed by atoms with van der Waals surface area (Å²) in [5, 5.41) is 4.95. The van der Waals surface area contributed by atoms with Crippen LogP contribution in [0.4, 0.5) is 9.93 Å². The quantitative estimate of drug-likeness (QED) is 0.783. The first-order valence-electron chi connectivity index (χ1n) is 6.46. The molecule has 0 bridgehead atoms. The van der Waals surface area contributed by atoms with Crippen LogP contribution >= 0.6 is 11.3 Å². The van der Waals surface area contributed by atoms with Gasteiger partial charge in [0.25, 0.3) is 0 Å². The number of rotatable bonds is 7. The number of carbonyl (C=O) groups excluding carboxylic acids is 2. The lowest BCUT2D eigenvalue weighted by atomic mass is 10.2. The highest BCUT2D eigenvalue weighted by Crippen LogP contribution is 2.17. The fraction of sp³-hybridized carbons (Fsp3) is 0.615. The summed E-state index contributed by atoms with van der Waals surface area (Å²) in [6.45, 7) is 4.31. The van der Waals surface area contributed by atoms with Crippen LogP contribution in [0.15, 0.2) is 5.38 Å². The lowest BCUT2D eigenvalue weighted by molar-refractivity contribution is -0.140.